The van der Waals surface area contributed by atoms with Crippen LogP contribution in [-0.2, 0) is 11.3 Å². The predicted octanol–water partition coefficient (Wildman–Crippen LogP) is 2.93. The second-order valence-corrected chi connectivity index (χ2v) is 7.96. The van der Waals surface area contributed by atoms with Gasteiger partial charge < -0.3 is 10.1 Å². The van der Waals surface area contributed by atoms with E-state index in [2.05, 4.69) is 20.6 Å². The van der Waals surface area contributed by atoms with Crippen molar-refractivity contribution in [3.05, 3.63) is 82.0 Å². The molecule has 3 aromatic heterocycles. The number of rotatable bonds is 8. The SMILES string of the molecule is Cc1ccc(-c2ccc(=O)n(CC(=O)NCCOc3ccc(-c4cccs4)nn3)n2)cc1. The maximum atomic E-state index is 12.3. The first kappa shape index (κ1) is 21.4. The summed E-state index contributed by atoms with van der Waals surface area (Å²) in [5.41, 5.74) is 3.09. The Morgan fingerprint density at radius 1 is 1.03 bits per heavy atom. The molecule has 0 saturated heterocycles. The van der Waals surface area contributed by atoms with E-state index in [9.17, 15) is 9.59 Å². The van der Waals surface area contributed by atoms with Gasteiger partial charge in [-0.05, 0) is 30.5 Å². The first-order valence-electron chi connectivity index (χ1n) is 10.0. The van der Waals surface area contributed by atoms with Crippen LogP contribution in [0.4, 0.5) is 0 Å². The smallest absolute Gasteiger partial charge is 0.267 e. The number of amides is 1. The molecular weight excluding hydrogens is 426 g/mol. The summed E-state index contributed by atoms with van der Waals surface area (Å²) in [5, 5.41) is 17.2. The van der Waals surface area contributed by atoms with Crippen molar-refractivity contribution in [3.63, 3.8) is 0 Å². The zero-order valence-electron chi connectivity index (χ0n) is 17.4. The van der Waals surface area contributed by atoms with Gasteiger partial charge in [0.2, 0.25) is 11.8 Å². The van der Waals surface area contributed by atoms with Gasteiger partial charge in [-0.15, -0.1) is 21.5 Å². The highest BCUT2D eigenvalue weighted by Crippen LogP contribution is 2.22. The number of ether oxygens (including phenoxy) is 1. The summed E-state index contributed by atoms with van der Waals surface area (Å²) in [4.78, 5) is 25.4. The molecule has 32 heavy (non-hydrogen) atoms. The summed E-state index contributed by atoms with van der Waals surface area (Å²) >= 11 is 1.59. The first-order chi connectivity index (χ1) is 15.6. The molecule has 0 saturated carbocycles. The predicted molar refractivity (Wildman–Crippen MR) is 123 cm³/mol. The zero-order chi connectivity index (χ0) is 22.3. The molecule has 1 aromatic carbocycles. The molecule has 8 nitrogen and oxygen atoms in total. The number of aryl methyl sites for hydroxylation is 1. The lowest BCUT2D eigenvalue weighted by molar-refractivity contribution is -0.122. The molecular formula is C23H21N5O3S. The minimum absolute atomic E-state index is 0.173. The lowest BCUT2D eigenvalue weighted by Crippen LogP contribution is -2.35. The Bertz CT molecular complexity index is 1240. The summed E-state index contributed by atoms with van der Waals surface area (Å²) in [6.45, 7) is 2.32. The van der Waals surface area contributed by atoms with Crippen molar-refractivity contribution in [1.82, 2.24) is 25.3 Å². The number of carbonyl (C=O) groups is 1. The van der Waals surface area contributed by atoms with Crippen LogP contribution in [0.2, 0.25) is 0 Å². The van der Waals surface area contributed by atoms with E-state index in [1.54, 1.807) is 23.5 Å². The van der Waals surface area contributed by atoms with Crippen molar-refractivity contribution in [2.24, 2.45) is 0 Å². The summed E-state index contributed by atoms with van der Waals surface area (Å²) < 4.78 is 6.67. The van der Waals surface area contributed by atoms with E-state index in [1.165, 1.54) is 6.07 Å². The van der Waals surface area contributed by atoms with Crippen LogP contribution < -0.4 is 15.6 Å². The molecule has 162 valence electrons. The Morgan fingerprint density at radius 2 is 1.84 bits per heavy atom. The summed E-state index contributed by atoms with van der Waals surface area (Å²) in [6.07, 6.45) is 0. The highest BCUT2D eigenvalue weighted by atomic mass is 32.1. The molecule has 1 amide bonds. The van der Waals surface area contributed by atoms with Gasteiger partial charge in [0.1, 0.15) is 18.8 Å². The normalized spacial score (nSPS) is 10.7. The molecule has 0 radical (unpaired) electrons. The van der Waals surface area contributed by atoms with Crippen LogP contribution in [0.1, 0.15) is 5.56 Å². The lowest BCUT2D eigenvalue weighted by Gasteiger charge is -2.09. The van der Waals surface area contributed by atoms with Crippen LogP contribution in [0.5, 0.6) is 5.88 Å². The summed E-state index contributed by atoms with van der Waals surface area (Å²) in [5.74, 6) is 0.0478. The number of aromatic nitrogens is 4. The van der Waals surface area contributed by atoms with Gasteiger partial charge in [0, 0.05) is 17.7 Å². The van der Waals surface area contributed by atoms with E-state index in [-0.39, 0.29) is 31.2 Å². The van der Waals surface area contributed by atoms with Crippen molar-refractivity contribution in [1.29, 1.82) is 0 Å². The minimum Gasteiger partial charge on any atom is -0.475 e. The molecule has 3 heterocycles. The number of nitrogens with zero attached hydrogens (tertiary/aromatic N) is 4. The maximum absolute atomic E-state index is 12.3. The largest absolute Gasteiger partial charge is 0.475 e. The van der Waals surface area contributed by atoms with Crippen molar-refractivity contribution in [2.45, 2.75) is 13.5 Å². The van der Waals surface area contributed by atoms with Crippen molar-refractivity contribution >= 4 is 17.2 Å². The van der Waals surface area contributed by atoms with Crippen molar-refractivity contribution < 1.29 is 9.53 Å². The topological polar surface area (TPSA) is 99.0 Å². The van der Waals surface area contributed by atoms with Gasteiger partial charge in [-0.2, -0.15) is 5.10 Å². The van der Waals surface area contributed by atoms with Crippen LogP contribution in [0.15, 0.2) is 70.8 Å². The van der Waals surface area contributed by atoms with Gasteiger partial charge in [-0.25, -0.2) is 4.68 Å². The Kier molecular flexibility index (Phi) is 6.66. The molecule has 0 aliphatic carbocycles. The summed E-state index contributed by atoms with van der Waals surface area (Å²) in [7, 11) is 0. The molecule has 1 N–H and O–H groups in total. The van der Waals surface area contributed by atoms with E-state index < -0.39 is 0 Å². The van der Waals surface area contributed by atoms with Gasteiger partial charge in [-0.3, -0.25) is 9.59 Å². The Labute approximate surface area is 188 Å². The molecule has 0 atom stereocenters. The Morgan fingerprint density at radius 3 is 2.56 bits per heavy atom. The summed E-state index contributed by atoms with van der Waals surface area (Å²) in [6, 6.07) is 18.4. The molecule has 0 spiro atoms. The number of benzene rings is 1. The fraction of sp³-hybridized carbons (Fsp3) is 0.174. The quantitative estimate of drug-likeness (QED) is 0.417. The Hall–Kier alpha value is -3.85. The number of thiophene rings is 1. The van der Waals surface area contributed by atoms with Gasteiger partial charge in [-0.1, -0.05) is 35.9 Å². The lowest BCUT2D eigenvalue weighted by atomic mass is 10.1. The van der Waals surface area contributed by atoms with Crippen LogP contribution in [0, 0.1) is 6.92 Å². The fourth-order valence-corrected chi connectivity index (χ4v) is 3.62. The third-order valence-corrected chi connectivity index (χ3v) is 5.49. The van der Waals surface area contributed by atoms with Gasteiger partial charge >= 0.3 is 0 Å². The monoisotopic (exact) mass is 447 g/mol. The fourth-order valence-electron chi connectivity index (χ4n) is 2.93. The van der Waals surface area contributed by atoms with Crippen molar-refractivity contribution in [2.75, 3.05) is 13.2 Å². The molecule has 4 rings (SSSR count). The highest BCUT2D eigenvalue weighted by Gasteiger charge is 2.08. The van der Waals surface area contributed by atoms with Crippen LogP contribution in [0.25, 0.3) is 21.8 Å². The van der Waals surface area contributed by atoms with E-state index in [0.29, 0.717) is 11.6 Å². The van der Waals surface area contributed by atoms with E-state index >= 15 is 0 Å². The van der Waals surface area contributed by atoms with E-state index in [0.717, 1.165) is 26.4 Å². The zero-order valence-corrected chi connectivity index (χ0v) is 18.2. The molecule has 0 aliphatic heterocycles. The number of hydrogen-bond acceptors (Lipinski definition) is 7. The molecule has 0 aliphatic rings. The standard InChI is InChI=1S/C23H21N5O3S/c1-16-4-6-17(7-5-16)18-9-11-23(30)28(27-18)15-21(29)24-12-13-31-22-10-8-19(25-26-22)20-3-2-14-32-20/h2-11,14H,12-13,15H2,1H3,(H,24,29). The highest BCUT2D eigenvalue weighted by molar-refractivity contribution is 7.13. The average molecular weight is 448 g/mol. The van der Waals surface area contributed by atoms with Crippen LogP contribution >= 0.6 is 11.3 Å². The third kappa shape index (κ3) is 5.44. The number of hydrogen-bond donors (Lipinski definition) is 1. The average Bonchev–Trinajstić information content (AvgIpc) is 3.34. The van der Waals surface area contributed by atoms with Crippen LogP contribution in [0.3, 0.4) is 0 Å². The minimum atomic E-state index is -0.339. The second kappa shape index (κ2) is 9.97. The van der Waals surface area contributed by atoms with E-state index in [4.69, 9.17) is 4.74 Å². The Balaban J connectivity index is 1.27. The van der Waals surface area contributed by atoms with Gasteiger partial charge in [0.05, 0.1) is 17.1 Å². The molecule has 0 bridgehead atoms. The number of nitrogens with one attached hydrogen (secondary N) is 1. The molecule has 0 unspecified atom stereocenters. The first-order valence-corrected chi connectivity index (χ1v) is 10.9. The maximum Gasteiger partial charge on any atom is 0.267 e. The second-order valence-electron chi connectivity index (χ2n) is 7.01. The molecule has 9 heteroatoms. The van der Waals surface area contributed by atoms with Crippen LogP contribution in [-0.4, -0.2) is 39.0 Å². The third-order valence-electron chi connectivity index (χ3n) is 4.60. The van der Waals surface area contributed by atoms with E-state index in [1.807, 2.05) is 54.8 Å². The van der Waals surface area contributed by atoms with Crippen molar-refractivity contribution in [3.8, 4) is 27.7 Å². The number of carbonyl (C=O) groups excluding carboxylic acids is 1. The van der Waals surface area contributed by atoms with Gasteiger partial charge in [0.25, 0.3) is 5.56 Å². The van der Waals surface area contributed by atoms with Gasteiger partial charge in [0.15, 0.2) is 0 Å². The molecule has 4 aromatic rings. The molecule has 0 fully saturated rings.